The summed E-state index contributed by atoms with van der Waals surface area (Å²) in [7, 11) is 0. The van der Waals surface area contributed by atoms with Crippen LogP contribution in [0.5, 0.6) is 0 Å². The normalized spacial score (nSPS) is 10.8. The van der Waals surface area contributed by atoms with Crippen molar-refractivity contribution in [3.63, 3.8) is 0 Å². The molecule has 0 unspecified atom stereocenters. The molecule has 0 saturated heterocycles. The minimum atomic E-state index is 0.540. The number of hydrogen-bond acceptors (Lipinski definition) is 6. The number of anilines is 1. The first kappa shape index (κ1) is 14.3. The van der Waals surface area contributed by atoms with E-state index in [0.717, 1.165) is 35.9 Å². The maximum atomic E-state index is 4.51. The topological polar surface area (TPSA) is 80.9 Å². The van der Waals surface area contributed by atoms with Crippen LogP contribution in [0.25, 0.3) is 17.2 Å². The molecule has 0 aliphatic carbocycles. The molecular weight excluding hydrogens is 302 g/mol. The average molecular weight is 317 g/mol. The third-order valence-corrected chi connectivity index (χ3v) is 3.59. The van der Waals surface area contributed by atoms with Gasteiger partial charge in [0.2, 0.25) is 0 Å². The maximum absolute atomic E-state index is 4.51. The molecule has 4 aromatic rings. The van der Waals surface area contributed by atoms with Crippen molar-refractivity contribution in [2.45, 2.75) is 6.42 Å². The molecule has 24 heavy (non-hydrogen) atoms. The van der Waals surface area contributed by atoms with Crippen molar-refractivity contribution in [3.8, 4) is 11.4 Å². The fourth-order valence-corrected chi connectivity index (χ4v) is 2.45. The van der Waals surface area contributed by atoms with Gasteiger partial charge in [-0.1, -0.05) is 12.1 Å². The molecule has 0 spiro atoms. The first-order chi connectivity index (χ1) is 11.9. The number of hydrogen-bond donors (Lipinski definition) is 1. The zero-order valence-corrected chi connectivity index (χ0v) is 12.9. The van der Waals surface area contributed by atoms with E-state index in [4.69, 9.17) is 0 Å². The van der Waals surface area contributed by atoms with Gasteiger partial charge >= 0.3 is 0 Å². The standard InChI is InChI=1S/C17H15N7/c1-3-8-18-13(5-1)7-10-20-16-11-15(14-6-2-4-9-19-14)23-17-21-12-22-24(16)17/h1-6,8-9,11-12,20H,7,10H2. The van der Waals surface area contributed by atoms with Crippen molar-refractivity contribution in [2.24, 2.45) is 0 Å². The zero-order valence-electron chi connectivity index (χ0n) is 12.9. The van der Waals surface area contributed by atoms with E-state index in [1.54, 1.807) is 16.9 Å². The summed E-state index contributed by atoms with van der Waals surface area (Å²) in [6.07, 6.45) is 5.86. The molecule has 4 aromatic heterocycles. The highest BCUT2D eigenvalue weighted by Crippen LogP contribution is 2.19. The molecule has 0 radical (unpaired) electrons. The molecule has 0 aromatic carbocycles. The third-order valence-electron chi connectivity index (χ3n) is 3.59. The molecule has 4 rings (SSSR count). The Hall–Kier alpha value is -3.35. The second-order valence-electron chi connectivity index (χ2n) is 5.21. The Bertz CT molecular complexity index is 935. The van der Waals surface area contributed by atoms with Crippen LogP contribution in [0.1, 0.15) is 5.69 Å². The fraction of sp³-hybridized carbons (Fsp3) is 0.118. The number of aromatic nitrogens is 6. The van der Waals surface area contributed by atoms with E-state index in [-0.39, 0.29) is 0 Å². The maximum Gasteiger partial charge on any atom is 0.254 e. The van der Waals surface area contributed by atoms with E-state index in [9.17, 15) is 0 Å². The summed E-state index contributed by atoms with van der Waals surface area (Å²) >= 11 is 0. The van der Waals surface area contributed by atoms with Crippen LogP contribution in [-0.4, -0.2) is 36.1 Å². The Balaban J connectivity index is 1.60. The highest BCUT2D eigenvalue weighted by molar-refractivity contribution is 5.61. The molecule has 4 heterocycles. The Morgan fingerprint density at radius 2 is 1.79 bits per heavy atom. The summed E-state index contributed by atoms with van der Waals surface area (Å²) < 4.78 is 1.69. The molecule has 0 aliphatic heterocycles. The molecule has 0 fully saturated rings. The predicted molar refractivity (Wildman–Crippen MR) is 90.4 cm³/mol. The number of pyridine rings is 2. The number of fused-ring (bicyclic) bond motifs is 1. The van der Waals surface area contributed by atoms with Gasteiger partial charge in [0.05, 0.1) is 11.4 Å². The Morgan fingerprint density at radius 1 is 0.917 bits per heavy atom. The zero-order chi connectivity index (χ0) is 16.2. The number of nitrogens with one attached hydrogen (secondary N) is 1. The smallest absolute Gasteiger partial charge is 0.254 e. The largest absolute Gasteiger partial charge is 0.369 e. The molecular formula is C17H15N7. The summed E-state index contributed by atoms with van der Waals surface area (Å²) in [4.78, 5) is 17.4. The number of nitrogens with zero attached hydrogens (tertiary/aromatic N) is 6. The van der Waals surface area contributed by atoms with Crippen molar-refractivity contribution in [1.29, 1.82) is 0 Å². The van der Waals surface area contributed by atoms with Crippen molar-refractivity contribution >= 4 is 11.6 Å². The molecule has 7 heteroatoms. The van der Waals surface area contributed by atoms with Crippen molar-refractivity contribution < 1.29 is 0 Å². The van der Waals surface area contributed by atoms with E-state index in [1.807, 2.05) is 42.5 Å². The van der Waals surface area contributed by atoms with Crippen LogP contribution < -0.4 is 5.32 Å². The molecule has 118 valence electrons. The minimum Gasteiger partial charge on any atom is -0.369 e. The predicted octanol–water partition coefficient (Wildman–Crippen LogP) is 2.24. The lowest BCUT2D eigenvalue weighted by Gasteiger charge is -2.09. The van der Waals surface area contributed by atoms with Crippen molar-refractivity contribution in [2.75, 3.05) is 11.9 Å². The Morgan fingerprint density at radius 3 is 2.58 bits per heavy atom. The lowest BCUT2D eigenvalue weighted by molar-refractivity contribution is 0.901. The van der Waals surface area contributed by atoms with Crippen LogP contribution in [0.4, 0.5) is 5.82 Å². The summed E-state index contributed by atoms with van der Waals surface area (Å²) in [5, 5.41) is 7.61. The fourth-order valence-electron chi connectivity index (χ4n) is 2.45. The van der Waals surface area contributed by atoms with Gasteiger partial charge in [-0.25, -0.2) is 4.98 Å². The molecule has 0 saturated carbocycles. The van der Waals surface area contributed by atoms with Crippen LogP contribution in [0.2, 0.25) is 0 Å². The van der Waals surface area contributed by atoms with Gasteiger partial charge in [-0.05, 0) is 24.3 Å². The third kappa shape index (κ3) is 2.91. The van der Waals surface area contributed by atoms with Crippen molar-refractivity contribution in [3.05, 3.63) is 66.9 Å². The molecule has 0 aliphatic rings. The van der Waals surface area contributed by atoms with E-state index in [0.29, 0.717) is 5.78 Å². The average Bonchev–Trinajstić information content (AvgIpc) is 3.12. The summed E-state index contributed by atoms with van der Waals surface area (Å²) in [6, 6.07) is 13.6. The molecule has 1 N–H and O–H groups in total. The highest BCUT2D eigenvalue weighted by atomic mass is 15.3. The van der Waals surface area contributed by atoms with Gasteiger partial charge in [-0.15, -0.1) is 0 Å². The van der Waals surface area contributed by atoms with E-state index >= 15 is 0 Å². The van der Waals surface area contributed by atoms with Gasteiger partial charge in [0.25, 0.3) is 5.78 Å². The quantitative estimate of drug-likeness (QED) is 0.608. The molecule has 7 nitrogen and oxygen atoms in total. The SMILES string of the molecule is c1ccc(CCNc2cc(-c3ccccn3)nc3ncnn23)nc1. The Labute approximate surface area is 138 Å². The van der Waals surface area contributed by atoms with Gasteiger partial charge in [-0.2, -0.15) is 14.6 Å². The van der Waals surface area contributed by atoms with Gasteiger partial charge in [-0.3, -0.25) is 9.97 Å². The van der Waals surface area contributed by atoms with E-state index in [2.05, 4.69) is 30.4 Å². The summed E-state index contributed by atoms with van der Waals surface area (Å²) in [5.41, 5.74) is 2.60. The molecule has 0 atom stereocenters. The van der Waals surface area contributed by atoms with Gasteiger partial charge in [0.15, 0.2) is 0 Å². The summed E-state index contributed by atoms with van der Waals surface area (Å²) in [5.74, 6) is 1.37. The lowest BCUT2D eigenvalue weighted by Crippen LogP contribution is -2.10. The van der Waals surface area contributed by atoms with Gasteiger partial charge in [0, 0.05) is 37.1 Å². The first-order valence-electron chi connectivity index (χ1n) is 7.66. The minimum absolute atomic E-state index is 0.540. The van der Waals surface area contributed by atoms with Gasteiger partial charge < -0.3 is 5.32 Å². The monoisotopic (exact) mass is 317 g/mol. The molecule has 0 amide bonds. The Kier molecular flexibility index (Phi) is 3.81. The first-order valence-corrected chi connectivity index (χ1v) is 7.66. The van der Waals surface area contributed by atoms with E-state index in [1.165, 1.54) is 6.33 Å². The van der Waals surface area contributed by atoms with Crippen molar-refractivity contribution in [1.82, 2.24) is 29.5 Å². The second-order valence-corrected chi connectivity index (χ2v) is 5.21. The lowest BCUT2D eigenvalue weighted by atomic mass is 10.2. The second kappa shape index (κ2) is 6.41. The number of rotatable bonds is 5. The summed E-state index contributed by atoms with van der Waals surface area (Å²) in [6.45, 7) is 0.734. The van der Waals surface area contributed by atoms with Crippen LogP contribution in [0.15, 0.2) is 61.2 Å². The van der Waals surface area contributed by atoms with Crippen LogP contribution in [0.3, 0.4) is 0 Å². The van der Waals surface area contributed by atoms with Crippen LogP contribution in [0, 0.1) is 0 Å². The van der Waals surface area contributed by atoms with Gasteiger partial charge in [0.1, 0.15) is 12.1 Å². The van der Waals surface area contributed by atoms with Crippen LogP contribution in [-0.2, 0) is 6.42 Å². The highest BCUT2D eigenvalue weighted by Gasteiger charge is 2.09. The molecule has 0 bridgehead atoms. The van der Waals surface area contributed by atoms with Crippen LogP contribution >= 0.6 is 0 Å². The van der Waals surface area contributed by atoms with E-state index < -0.39 is 0 Å².